The second kappa shape index (κ2) is 14.7. The van der Waals surface area contributed by atoms with Gasteiger partial charge in [-0.25, -0.2) is 23.9 Å². The summed E-state index contributed by atoms with van der Waals surface area (Å²) in [6.45, 7) is 4.04. The molecule has 0 spiro atoms. The van der Waals surface area contributed by atoms with Gasteiger partial charge in [0.15, 0.2) is 10.8 Å². The highest BCUT2D eigenvalue weighted by Crippen LogP contribution is 2.33. The summed E-state index contributed by atoms with van der Waals surface area (Å²) in [5.74, 6) is -4.10. The van der Waals surface area contributed by atoms with E-state index in [-0.39, 0.29) is 11.0 Å². The minimum atomic E-state index is -5.08. The Morgan fingerprint density at radius 2 is 1.74 bits per heavy atom. The highest BCUT2D eigenvalue weighted by molar-refractivity contribution is 7.19. The normalized spacial score (nSPS) is 13.9. The lowest BCUT2D eigenvalue weighted by atomic mass is 10.1. The van der Waals surface area contributed by atoms with Gasteiger partial charge < -0.3 is 20.5 Å². The van der Waals surface area contributed by atoms with Crippen LogP contribution in [0.2, 0.25) is 0 Å². The average molecular weight is 693 g/mol. The van der Waals surface area contributed by atoms with E-state index in [2.05, 4.69) is 41.0 Å². The number of halogens is 7. The Labute approximate surface area is 263 Å². The second-order valence-corrected chi connectivity index (χ2v) is 10.5. The van der Waals surface area contributed by atoms with E-state index in [9.17, 15) is 40.3 Å². The van der Waals surface area contributed by atoms with Crippen LogP contribution in [-0.4, -0.2) is 93.6 Å². The Balaban J connectivity index is 0.000000644. The molecule has 1 fully saturated rings. The highest BCUT2D eigenvalue weighted by Gasteiger charge is 2.38. The number of ether oxygens (including phenoxy) is 1. The number of carboxylic acid groups (broad SMARTS) is 1. The van der Waals surface area contributed by atoms with Crippen LogP contribution in [0.25, 0.3) is 21.6 Å². The summed E-state index contributed by atoms with van der Waals surface area (Å²) >= 11 is 1.00. The van der Waals surface area contributed by atoms with Crippen LogP contribution in [0.15, 0.2) is 36.7 Å². The van der Waals surface area contributed by atoms with Crippen molar-refractivity contribution in [1.29, 1.82) is 0 Å². The molecule has 0 atom stereocenters. The standard InChI is InChI=1S/C24H22F4N8O3S.C2HF3O2/c25-16-2-1-13(24(26,27)28)9-17(16)33-22(38)34-23-30-12-19(40-23)18-10-14(15-11-31-35-20(15)32-18)21(37)29-3-4-36-5-7-39-8-6-36;3-2(4,5)1(6)7/h1-2,9-12H,3-8H2,(H,29,37)(H,31,32,35)(H2,30,33,34,38);(H,6,7). The quantitative estimate of drug-likeness (QED) is 0.174. The van der Waals surface area contributed by atoms with Crippen LogP contribution in [0, 0.1) is 5.82 Å². The van der Waals surface area contributed by atoms with Gasteiger partial charge in [-0.1, -0.05) is 11.3 Å². The number of anilines is 2. The van der Waals surface area contributed by atoms with Gasteiger partial charge in [-0.3, -0.25) is 20.1 Å². The maximum atomic E-state index is 14.0. The molecular formula is C26H23F7N8O5S. The van der Waals surface area contributed by atoms with Gasteiger partial charge in [-0.15, -0.1) is 0 Å². The summed E-state index contributed by atoms with van der Waals surface area (Å²) in [6.07, 6.45) is -6.87. The fraction of sp³-hybridized carbons (Fsp3) is 0.308. The van der Waals surface area contributed by atoms with Gasteiger partial charge in [0.2, 0.25) is 0 Å². The van der Waals surface area contributed by atoms with E-state index in [0.717, 1.165) is 24.4 Å². The Bertz CT molecular complexity index is 1740. The molecule has 3 amide bonds. The number of carboxylic acids is 1. The minimum absolute atomic E-state index is 0.0721. The zero-order valence-corrected chi connectivity index (χ0v) is 24.4. The van der Waals surface area contributed by atoms with Gasteiger partial charge in [-0.2, -0.15) is 31.4 Å². The minimum Gasteiger partial charge on any atom is -0.475 e. The molecule has 0 unspecified atom stereocenters. The predicted octanol–water partition coefficient (Wildman–Crippen LogP) is 4.58. The monoisotopic (exact) mass is 692 g/mol. The number of nitrogens with zero attached hydrogens (tertiary/aromatic N) is 4. The largest absolute Gasteiger partial charge is 0.490 e. The van der Waals surface area contributed by atoms with Crippen molar-refractivity contribution < 1.29 is 55.0 Å². The van der Waals surface area contributed by atoms with Crippen LogP contribution < -0.4 is 16.0 Å². The summed E-state index contributed by atoms with van der Waals surface area (Å²) in [4.78, 5) is 45.5. The SMILES string of the molecule is O=C(Nc1ncc(-c2cc(C(=O)NCCN3CCOCC3)c3cn[nH]c3n2)s1)Nc1cc(C(F)(F)F)ccc1F.O=C(O)C(F)(F)F. The first-order valence-electron chi connectivity index (χ1n) is 13.3. The number of thiazole rings is 1. The molecule has 4 heterocycles. The van der Waals surface area contributed by atoms with E-state index in [0.29, 0.717) is 71.7 Å². The van der Waals surface area contributed by atoms with Gasteiger partial charge in [-0.05, 0) is 24.3 Å². The van der Waals surface area contributed by atoms with Crippen LogP contribution >= 0.6 is 11.3 Å². The van der Waals surface area contributed by atoms with Crippen LogP contribution in [0.3, 0.4) is 0 Å². The van der Waals surface area contributed by atoms with E-state index in [1.165, 1.54) is 12.4 Å². The number of hydrogen-bond donors (Lipinski definition) is 5. The number of alkyl halides is 6. The van der Waals surface area contributed by atoms with Crippen molar-refractivity contribution in [3.8, 4) is 10.6 Å². The number of benzene rings is 1. The lowest BCUT2D eigenvalue weighted by Crippen LogP contribution is -2.41. The Kier molecular flexibility index (Phi) is 10.9. The third-order valence-electron chi connectivity index (χ3n) is 6.25. The second-order valence-electron chi connectivity index (χ2n) is 9.50. The number of fused-ring (bicyclic) bond motifs is 1. The molecule has 1 aromatic carbocycles. The molecule has 21 heteroatoms. The first-order chi connectivity index (χ1) is 22.1. The van der Waals surface area contributed by atoms with Crippen molar-refractivity contribution in [3.63, 3.8) is 0 Å². The maximum Gasteiger partial charge on any atom is 0.490 e. The number of amides is 3. The molecular weight excluding hydrogens is 669 g/mol. The van der Waals surface area contributed by atoms with Crippen LogP contribution in [0.5, 0.6) is 0 Å². The smallest absolute Gasteiger partial charge is 0.475 e. The summed E-state index contributed by atoms with van der Waals surface area (Å²) in [5.41, 5.74) is -0.653. The van der Waals surface area contributed by atoms with E-state index in [1.807, 2.05) is 0 Å². The maximum absolute atomic E-state index is 14.0. The summed E-state index contributed by atoms with van der Waals surface area (Å²) < 4.78 is 89.9. The van der Waals surface area contributed by atoms with E-state index >= 15 is 0 Å². The number of carbonyl (C=O) groups excluding carboxylic acids is 2. The van der Waals surface area contributed by atoms with Crippen molar-refractivity contribution in [2.45, 2.75) is 12.4 Å². The summed E-state index contributed by atoms with van der Waals surface area (Å²) in [5, 5.41) is 21.8. The van der Waals surface area contributed by atoms with Crippen LogP contribution in [0.1, 0.15) is 15.9 Å². The number of aromatic nitrogens is 4. The molecule has 47 heavy (non-hydrogen) atoms. The molecule has 252 valence electrons. The highest BCUT2D eigenvalue weighted by atomic mass is 32.1. The number of morpholine rings is 1. The van der Waals surface area contributed by atoms with Gasteiger partial charge in [0.05, 0.1) is 52.2 Å². The lowest BCUT2D eigenvalue weighted by molar-refractivity contribution is -0.192. The Morgan fingerprint density at radius 1 is 1.04 bits per heavy atom. The molecule has 3 aromatic heterocycles. The molecule has 13 nitrogen and oxygen atoms in total. The molecule has 4 aromatic rings. The number of pyridine rings is 1. The number of urea groups is 1. The zero-order chi connectivity index (χ0) is 34.4. The van der Waals surface area contributed by atoms with Gasteiger partial charge >= 0.3 is 24.4 Å². The van der Waals surface area contributed by atoms with Crippen molar-refractivity contribution >= 4 is 51.1 Å². The number of hydrogen-bond acceptors (Lipinski definition) is 9. The van der Waals surface area contributed by atoms with Crippen molar-refractivity contribution in [2.24, 2.45) is 0 Å². The first-order valence-corrected chi connectivity index (χ1v) is 14.1. The van der Waals surface area contributed by atoms with Gasteiger partial charge in [0.1, 0.15) is 5.82 Å². The zero-order valence-electron chi connectivity index (χ0n) is 23.6. The fourth-order valence-corrected chi connectivity index (χ4v) is 4.76. The average Bonchev–Trinajstić information content (AvgIpc) is 3.67. The molecule has 5 N–H and O–H groups in total. The number of carbonyl (C=O) groups is 3. The van der Waals surface area contributed by atoms with Crippen molar-refractivity contribution in [3.05, 3.63) is 53.6 Å². The molecule has 0 radical (unpaired) electrons. The topological polar surface area (TPSA) is 174 Å². The number of rotatable bonds is 7. The molecule has 0 bridgehead atoms. The third-order valence-corrected chi connectivity index (χ3v) is 7.18. The summed E-state index contributed by atoms with van der Waals surface area (Å²) in [6, 6.07) is 2.29. The molecule has 5 rings (SSSR count). The molecule has 1 aliphatic heterocycles. The first kappa shape index (κ1) is 35.0. The Morgan fingerprint density at radius 3 is 2.40 bits per heavy atom. The third kappa shape index (κ3) is 9.56. The van der Waals surface area contributed by atoms with E-state index < -0.39 is 41.4 Å². The van der Waals surface area contributed by atoms with E-state index in [1.54, 1.807) is 6.07 Å². The van der Waals surface area contributed by atoms with E-state index in [4.69, 9.17) is 14.6 Å². The molecule has 1 saturated heterocycles. The van der Waals surface area contributed by atoms with Gasteiger partial charge in [0, 0.05) is 32.4 Å². The van der Waals surface area contributed by atoms with Gasteiger partial charge in [0.25, 0.3) is 5.91 Å². The fourth-order valence-electron chi connectivity index (χ4n) is 3.99. The number of aromatic amines is 1. The number of H-pyrrole nitrogens is 1. The lowest BCUT2D eigenvalue weighted by Gasteiger charge is -2.26. The molecule has 0 aliphatic carbocycles. The summed E-state index contributed by atoms with van der Waals surface area (Å²) in [7, 11) is 0. The van der Waals surface area contributed by atoms with Crippen LogP contribution in [-0.2, 0) is 15.7 Å². The molecule has 1 aliphatic rings. The Hall–Kier alpha value is -4.89. The van der Waals surface area contributed by atoms with Crippen LogP contribution in [0.4, 0.5) is 46.3 Å². The number of nitrogens with one attached hydrogen (secondary N) is 4. The van der Waals surface area contributed by atoms with Crippen molar-refractivity contribution in [1.82, 2.24) is 30.4 Å². The molecule has 0 saturated carbocycles. The predicted molar refractivity (Wildman–Crippen MR) is 152 cm³/mol. The number of aliphatic carboxylic acids is 1. The van der Waals surface area contributed by atoms with Crippen molar-refractivity contribution in [2.75, 3.05) is 50.0 Å².